The first kappa shape index (κ1) is 131. The van der Waals surface area contributed by atoms with Crippen LogP contribution in [0.25, 0.3) is 0 Å². The molecule has 762 valence electrons. The van der Waals surface area contributed by atoms with Gasteiger partial charge in [-0.25, -0.2) is 0 Å². The van der Waals surface area contributed by atoms with Gasteiger partial charge in [-0.3, -0.25) is 62.5 Å². The molecule has 11 amide bonds. The number of carbonyl (C=O) groups is 11. The first-order valence-electron chi connectivity index (χ1n) is 41.3. The molecule has 0 aromatic heterocycles. The summed E-state index contributed by atoms with van der Waals surface area (Å²) >= 11 is 65.9. The van der Waals surface area contributed by atoms with E-state index in [9.17, 15) is 52.7 Å². The SMILES string of the molecule is C.C.C.C.C.C.C.C.Cc1c(Cl)cc(NC(=O)C(=O)N2CCNCC2)cc1Cl.Cc1c(Cl)cc(NC(=O)C(=O)N2CCOCC2)cc1Cl.Cc1c(Cl)cc(NC(=O)CN(C)C)cc1Cl.Cc1c(Cl)cc(NC(=O)CN2CCCC2)cc1Cl.Cc1ccc(NC(=O)C(=O)N2CCNCC2)cc1Cl.Cc1ccc(NC(=O)C(=O)N2CCOCC2)cc1Cl.Cc1ccc(NC(=O)CN2CCCC2)cc1Cl. The number of morpholine rings is 2. The number of piperazine rings is 2. The lowest BCUT2D eigenvalue weighted by Gasteiger charge is -2.26. The van der Waals surface area contributed by atoms with Gasteiger partial charge in [-0.15, -0.1) is 0 Å². The van der Waals surface area contributed by atoms with Crippen LogP contribution in [0.2, 0.25) is 55.2 Å². The van der Waals surface area contributed by atoms with Gasteiger partial charge < -0.3 is 81.8 Å². The smallest absolute Gasteiger partial charge is 0.313 e. The molecule has 6 heterocycles. The minimum absolute atomic E-state index is 0. The fourth-order valence-electron chi connectivity index (χ4n) is 12.6. The van der Waals surface area contributed by atoms with Crippen molar-refractivity contribution in [2.75, 3.05) is 202 Å². The summed E-state index contributed by atoms with van der Waals surface area (Å²) in [5.41, 5.74) is 9.87. The predicted octanol–water partition coefficient (Wildman–Crippen LogP) is 20.1. The van der Waals surface area contributed by atoms with Crippen LogP contribution < -0.4 is 47.9 Å². The van der Waals surface area contributed by atoms with Crippen molar-refractivity contribution >= 4 is 232 Å². The fourth-order valence-corrected chi connectivity index (χ4v) is 15.1. The zero-order chi connectivity index (χ0) is 94.7. The van der Waals surface area contributed by atoms with E-state index in [2.05, 4.69) is 57.7 Å². The molecule has 0 unspecified atom stereocenters. The zero-order valence-corrected chi connectivity index (χ0v) is 81.3. The number of likely N-dealkylation sites (tertiary alicyclic amines) is 2. The molecule has 9 N–H and O–H groups in total. The molecule has 40 heteroatoms. The Kier molecular flexibility index (Phi) is 63.3. The Bertz CT molecular complexity index is 4820. The van der Waals surface area contributed by atoms with Crippen LogP contribution >= 0.6 is 128 Å². The van der Waals surface area contributed by atoms with Crippen molar-refractivity contribution in [2.24, 2.45) is 0 Å². The number of carbonyl (C=O) groups excluding carboxylic acids is 11. The molecular weight excluding hydrogens is 1990 g/mol. The number of nitrogens with one attached hydrogen (secondary N) is 9. The van der Waals surface area contributed by atoms with Crippen molar-refractivity contribution in [2.45, 2.75) is 134 Å². The molecule has 7 aromatic carbocycles. The summed E-state index contributed by atoms with van der Waals surface area (Å²) in [4.78, 5) is 142. The van der Waals surface area contributed by atoms with E-state index in [1.165, 1.54) is 40.4 Å². The van der Waals surface area contributed by atoms with E-state index in [1.807, 2.05) is 60.8 Å². The number of ether oxygens (including phenoxy) is 2. The quantitative estimate of drug-likeness (QED) is 0.0484. The molecule has 6 fully saturated rings. The van der Waals surface area contributed by atoms with Gasteiger partial charge in [0, 0.05) is 174 Å². The van der Waals surface area contributed by atoms with E-state index in [1.54, 1.807) is 115 Å². The maximum atomic E-state index is 12.0. The molecule has 0 saturated carbocycles. The van der Waals surface area contributed by atoms with Crippen LogP contribution in [0, 0.1) is 48.5 Å². The average Bonchev–Trinajstić information content (AvgIpc) is 0.914. The molecule has 0 aliphatic carbocycles. The summed E-state index contributed by atoms with van der Waals surface area (Å²) in [7, 11) is 3.66. The van der Waals surface area contributed by atoms with Crippen molar-refractivity contribution in [3.8, 4) is 0 Å². The molecular formula is C97H139Cl11N16O13. The second-order valence-electron chi connectivity index (χ2n) is 30.7. The van der Waals surface area contributed by atoms with E-state index in [4.69, 9.17) is 137 Å². The van der Waals surface area contributed by atoms with E-state index in [-0.39, 0.29) is 77.1 Å². The standard InChI is InChI=1S/C13H15Cl2N3O2.C13H14Cl2N2O3.C13H16Cl2N2O.C13H16ClN3O2.C13H15ClN2O3.C13H17ClN2O.C11H14Cl2N2O.8CH4/c1-8-10(14)6-9(7-11(8)15)17-12(19)13(20)18-4-2-16-3-5-18;1-8-10(14)6-9(7-11(8)15)16-12(18)13(19)17-2-4-20-5-3-17;1-9-11(14)6-10(7-12(9)15)16-13(18)8-17-4-2-3-5-17;1-9-2-3-10(8-11(9)14)16-12(18)13(19)17-6-4-15-5-7-17;1-9-2-3-10(8-11(9)14)15-12(17)13(18)16-4-6-19-7-5-16;1-10-4-5-11(8-12(10)14)15-13(17)9-16-6-2-3-7-16;1-7-9(12)4-8(5-10(7)13)14-11(16)6-15(2)3;;;;;;;;/h6-7,16H,2-5H2,1H3,(H,17,19);6-7H,2-5H2,1H3,(H,16,18);6-7H,2-5,8H2,1H3,(H,16,18);2-3,8,15H,4-7H2,1H3,(H,16,18);2-3,8H,4-7H2,1H3,(H,15,17);4-5,8H,2-3,6-7,9H2,1H3,(H,15,17);4-5H,6H2,1-3H3,(H,14,16);8*1H4. The van der Waals surface area contributed by atoms with Crippen LogP contribution in [0.15, 0.2) is 103 Å². The number of rotatable bonds is 13. The lowest BCUT2D eigenvalue weighted by Crippen LogP contribution is -2.49. The Morgan fingerprint density at radius 1 is 0.285 bits per heavy atom. The number of benzene rings is 7. The summed E-state index contributed by atoms with van der Waals surface area (Å²) in [5, 5.41) is 30.6. The van der Waals surface area contributed by atoms with Gasteiger partial charge in [-0.2, -0.15) is 0 Å². The highest BCUT2D eigenvalue weighted by Crippen LogP contribution is 2.33. The van der Waals surface area contributed by atoms with Crippen LogP contribution in [0.5, 0.6) is 0 Å². The van der Waals surface area contributed by atoms with Gasteiger partial charge in [0.05, 0.1) is 46.1 Å². The minimum atomic E-state index is -0.706. The lowest BCUT2D eigenvalue weighted by atomic mass is 10.2. The van der Waals surface area contributed by atoms with Gasteiger partial charge in [-0.1, -0.05) is 205 Å². The van der Waals surface area contributed by atoms with E-state index < -0.39 is 47.3 Å². The third kappa shape index (κ3) is 44.5. The monoisotopic (exact) mass is 2120 g/mol. The highest BCUT2D eigenvalue weighted by atomic mass is 35.5. The van der Waals surface area contributed by atoms with E-state index >= 15 is 0 Å². The second-order valence-corrected chi connectivity index (χ2v) is 35.2. The number of hydrogen-bond acceptors (Lipinski definition) is 18. The minimum Gasteiger partial charge on any atom is -0.378 e. The Morgan fingerprint density at radius 3 is 0.730 bits per heavy atom. The van der Waals surface area contributed by atoms with Crippen LogP contribution in [-0.4, -0.2) is 264 Å². The normalized spacial score (nSPS) is 13.9. The Balaban J connectivity index is 0. The highest BCUT2D eigenvalue weighted by molar-refractivity contribution is 6.43. The van der Waals surface area contributed by atoms with Crippen LogP contribution in [-0.2, 0) is 62.2 Å². The summed E-state index contributed by atoms with van der Waals surface area (Å²) in [6.45, 7) is 26.8. The average molecular weight is 2130 g/mol. The molecule has 0 atom stereocenters. The zero-order valence-electron chi connectivity index (χ0n) is 73.0. The van der Waals surface area contributed by atoms with Crippen molar-refractivity contribution in [1.82, 2.24) is 44.9 Å². The number of aryl methyl sites for hydroxylation is 3. The van der Waals surface area contributed by atoms with Crippen molar-refractivity contribution < 1.29 is 62.2 Å². The van der Waals surface area contributed by atoms with Crippen molar-refractivity contribution in [3.05, 3.63) is 197 Å². The molecule has 13 rings (SSSR count). The third-order valence-electron chi connectivity index (χ3n) is 20.3. The Labute approximate surface area is 865 Å². The maximum Gasteiger partial charge on any atom is 0.313 e. The van der Waals surface area contributed by atoms with Gasteiger partial charge >= 0.3 is 47.3 Å². The second kappa shape index (κ2) is 66.3. The molecule has 137 heavy (non-hydrogen) atoms. The Morgan fingerprint density at radius 2 is 0.489 bits per heavy atom. The number of likely N-dealkylation sites (N-methyl/N-ethyl adjacent to an activating group) is 1. The fraction of sp³-hybridized carbons (Fsp3) is 0.454. The van der Waals surface area contributed by atoms with Gasteiger partial charge in [-0.05, 0) is 238 Å². The predicted molar refractivity (Wildman–Crippen MR) is 571 cm³/mol. The van der Waals surface area contributed by atoms with Crippen LogP contribution in [0.3, 0.4) is 0 Å². The molecule has 0 spiro atoms. The summed E-state index contributed by atoms with van der Waals surface area (Å²) < 4.78 is 10.3. The van der Waals surface area contributed by atoms with Gasteiger partial charge in [0.25, 0.3) is 0 Å². The molecule has 6 aliphatic rings. The largest absolute Gasteiger partial charge is 0.378 e. The summed E-state index contributed by atoms with van der Waals surface area (Å²) in [6.07, 6.45) is 4.75. The van der Waals surface area contributed by atoms with E-state index in [0.717, 1.165) is 83.9 Å². The number of anilines is 7. The van der Waals surface area contributed by atoms with Crippen LogP contribution in [0.4, 0.5) is 39.8 Å². The first-order chi connectivity index (χ1) is 61.2. The highest BCUT2D eigenvalue weighted by Gasteiger charge is 2.29. The molecule has 6 aliphatic heterocycles. The third-order valence-corrected chi connectivity index (χ3v) is 24.7. The molecule has 7 aromatic rings. The molecule has 0 radical (unpaired) electrons. The summed E-state index contributed by atoms with van der Waals surface area (Å²) in [6, 6.07) is 29.0. The molecule has 0 bridgehead atoms. The lowest BCUT2D eigenvalue weighted by molar-refractivity contribution is -0.145. The number of halogens is 11. The number of nitrogens with zero attached hydrogens (tertiary/aromatic N) is 7. The first-order valence-corrected chi connectivity index (χ1v) is 45.5. The maximum absolute atomic E-state index is 12.0. The Hall–Kier alpha value is -8.38. The van der Waals surface area contributed by atoms with E-state index in [0.29, 0.717) is 201 Å². The number of hydrogen-bond donors (Lipinski definition) is 9. The topological polar surface area (TPSA) is 337 Å². The summed E-state index contributed by atoms with van der Waals surface area (Å²) in [5.74, 6) is -4.91. The number of amides is 11. The van der Waals surface area contributed by atoms with Gasteiger partial charge in [0.15, 0.2) is 0 Å². The van der Waals surface area contributed by atoms with Crippen LogP contribution in [0.1, 0.15) is 124 Å². The molecule has 29 nitrogen and oxygen atoms in total. The molecule has 6 saturated heterocycles. The van der Waals surface area contributed by atoms with Gasteiger partial charge in [0.1, 0.15) is 0 Å². The van der Waals surface area contributed by atoms with Crippen molar-refractivity contribution in [3.63, 3.8) is 0 Å². The van der Waals surface area contributed by atoms with Crippen molar-refractivity contribution in [1.29, 1.82) is 0 Å². The van der Waals surface area contributed by atoms with Gasteiger partial charge in [0.2, 0.25) is 17.7 Å².